The highest BCUT2D eigenvalue weighted by molar-refractivity contribution is 9.10. The number of carboxylic acid groups (broad SMARTS) is 1. The first kappa shape index (κ1) is 16.2. The van der Waals surface area contributed by atoms with Gasteiger partial charge < -0.3 is 14.6 Å². The summed E-state index contributed by atoms with van der Waals surface area (Å²) in [6.07, 6.45) is -1.19. The van der Waals surface area contributed by atoms with Crippen molar-refractivity contribution in [1.29, 1.82) is 0 Å². The number of rotatable bonds is 2. The fourth-order valence-electron chi connectivity index (χ4n) is 1.29. The second-order valence-electron chi connectivity index (χ2n) is 4.78. The molecule has 1 rings (SSSR count). The number of pyridine rings is 1. The van der Waals surface area contributed by atoms with Gasteiger partial charge >= 0.3 is 12.2 Å². The van der Waals surface area contributed by atoms with Crippen LogP contribution < -0.4 is 9.64 Å². The molecule has 1 heterocycles. The average molecular weight is 347 g/mol. The van der Waals surface area contributed by atoms with Crippen LogP contribution in [0.1, 0.15) is 20.8 Å². The molecule has 0 saturated heterocycles. The molecule has 0 aliphatic heterocycles. The summed E-state index contributed by atoms with van der Waals surface area (Å²) in [5.41, 5.74) is -0.826. The zero-order chi connectivity index (χ0) is 15.5. The van der Waals surface area contributed by atoms with E-state index < -0.39 is 17.8 Å². The summed E-state index contributed by atoms with van der Waals surface area (Å²) in [5.74, 6) is -0.0231. The summed E-state index contributed by atoms with van der Waals surface area (Å²) >= 11 is 3.18. The van der Waals surface area contributed by atoms with Gasteiger partial charge in [0.15, 0.2) is 11.6 Å². The number of aromatic nitrogens is 1. The van der Waals surface area contributed by atoms with Gasteiger partial charge in [-0.3, -0.25) is 0 Å². The number of hydrogen-bond donors (Lipinski definition) is 1. The van der Waals surface area contributed by atoms with Crippen molar-refractivity contribution in [3.63, 3.8) is 0 Å². The molecule has 0 atom stereocenters. The Morgan fingerprint density at radius 2 is 2.00 bits per heavy atom. The zero-order valence-electron chi connectivity index (χ0n) is 11.5. The summed E-state index contributed by atoms with van der Waals surface area (Å²) < 4.78 is 10.7. The molecule has 0 saturated carbocycles. The Labute approximate surface area is 124 Å². The van der Waals surface area contributed by atoms with Gasteiger partial charge in [0.05, 0.1) is 7.11 Å². The van der Waals surface area contributed by atoms with Crippen molar-refractivity contribution in [2.24, 2.45) is 0 Å². The van der Waals surface area contributed by atoms with Crippen LogP contribution in [-0.2, 0) is 4.74 Å². The lowest BCUT2D eigenvalue weighted by atomic mass is 10.2. The summed E-state index contributed by atoms with van der Waals surface area (Å²) in [7, 11) is 1.35. The number of ether oxygens (including phenoxy) is 2. The molecular weight excluding hydrogens is 332 g/mol. The molecule has 0 radical (unpaired) electrons. The first-order valence-electron chi connectivity index (χ1n) is 5.61. The maximum atomic E-state index is 12.0. The van der Waals surface area contributed by atoms with Gasteiger partial charge in [0.1, 0.15) is 5.60 Å². The van der Waals surface area contributed by atoms with Gasteiger partial charge in [-0.2, -0.15) is 4.90 Å². The molecule has 0 aliphatic carbocycles. The molecule has 0 spiro atoms. The lowest BCUT2D eigenvalue weighted by molar-refractivity contribution is 0.0580. The van der Waals surface area contributed by atoms with Crippen LogP contribution in [0.15, 0.2) is 16.7 Å². The van der Waals surface area contributed by atoms with Gasteiger partial charge in [-0.15, -0.1) is 0 Å². The van der Waals surface area contributed by atoms with Crippen molar-refractivity contribution < 1.29 is 24.2 Å². The molecule has 110 valence electrons. The maximum absolute atomic E-state index is 12.0. The first-order valence-corrected chi connectivity index (χ1v) is 6.40. The van der Waals surface area contributed by atoms with E-state index in [2.05, 4.69) is 20.9 Å². The Balaban J connectivity index is 3.21. The molecule has 1 aromatic heterocycles. The normalized spacial score (nSPS) is 10.8. The van der Waals surface area contributed by atoms with Crippen LogP contribution >= 0.6 is 15.9 Å². The number of imide groups is 1. The number of carbonyl (C=O) groups excluding carboxylic acids is 1. The highest BCUT2D eigenvalue weighted by Gasteiger charge is 2.32. The lowest BCUT2D eigenvalue weighted by Crippen LogP contribution is -2.40. The van der Waals surface area contributed by atoms with Crippen LogP contribution in [0.3, 0.4) is 0 Å². The van der Waals surface area contributed by atoms with E-state index in [4.69, 9.17) is 9.47 Å². The average Bonchev–Trinajstić information content (AvgIpc) is 2.28. The van der Waals surface area contributed by atoms with E-state index in [1.165, 1.54) is 19.4 Å². The molecule has 0 aliphatic rings. The summed E-state index contributed by atoms with van der Waals surface area (Å²) in [6, 6.07) is 1.50. The molecule has 8 heteroatoms. The fourth-order valence-corrected chi connectivity index (χ4v) is 1.60. The standard InChI is InChI=1S/C12H15BrN2O5/c1-12(2,3)20-11(18)15(10(16)17)9-8(19-4)5-7(13)6-14-9/h5-6H,1-4H3,(H,16,17). The van der Waals surface area contributed by atoms with E-state index in [0.717, 1.165) is 0 Å². The third kappa shape index (κ3) is 4.09. The SMILES string of the molecule is COc1cc(Br)cnc1N(C(=O)O)C(=O)OC(C)(C)C. The Kier molecular flexibility index (Phi) is 4.93. The largest absolute Gasteiger partial charge is 0.493 e. The molecular formula is C12H15BrN2O5. The van der Waals surface area contributed by atoms with Gasteiger partial charge in [-0.25, -0.2) is 14.6 Å². The van der Waals surface area contributed by atoms with E-state index in [1.807, 2.05) is 0 Å². The topological polar surface area (TPSA) is 89.0 Å². The maximum Gasteiger partial charge on any atom is 0.425 e. The molecule has 1 N–H and O–H groups in total. The molecule has 1 aromatic rings. The molecule has 0 aromatic carbocycles. The van der Waals surface area contributed by atoms with Crippen LogP contribution in [0.4, 0.5) is 15.4 Å². The molecule has 0 unspecified atom stereocenters. The number of nitrogens with zero attached hydrogens (tertiary/aromatic N) is 2. The smallest absolute Gasteiger partial charge is 0.425 e. The number of amides is 2. The lowest BCUT2D eigenvalue weighted by Gasteiger charge is -2.24. The first-order chi connectivity index (χ1) is 9.15. The Morgan fingerprint density at radius 1 is 1.40 bits per heavy atom. The number of anilines is 1. The van der Waals surface area contributed by atoms with Crippen molar-refractivity contribution >= 4 is 33.9 Å². The number of carbonyl (C=O) groups is 2. The van der Waals surface area contributed by atoms with Crippen LogP contribution in [-0.4, -0.2) is 35.0 Å². The minimum absolute atomic E-state index is 0.132. The van der Waals surface area contributed by atoms with Crippen molar-refractivity contribution in [2.45, 2.75) is 26.4 Å². The van der Waals surface area contributed by atoms with Crippen molar-refractivity contribution in [3.05, 3.63) is 16.7 Å². The summed E-state index contributed by atoms with van der Waals surface area (Å²) in [5, 5.41) is 9.20. The third-order valence-corrected chi connectivity index (χ3v) is 2.43. The molecule has 20 heavy (non-hydrogen) atoms. The van der Waals surface area contributed by atoms with Gasteiger partial charge in [0, 0.05) is 10.7 Å². The second-order valence-corrected chi connectivity index (χ2v) is 5.69. The van der Waals surface area contributed by atoms with E-state index in [1.54, 1.807) is 20.8 Å². The van der Waals surface area contributed by atoms with Crippen molar-refractivity contribution in [2.75, 3.05) is 12.0 Å². The van der Waals surface area contributed by atoms with Gasteiger partial charge in [0.25, 0.3) is 0 Å². The second kappa shape index (κ2) is 6.08. The quantitative estimate of drug-likeness (QED) is 0.883. The fraction of sp³-hybridized carbons (Fsp3) is 0.417. The van der Waals surface area contributed by atoms with Gasteiger partial charge in [-0.1, -0.05) is 0 Å². The van der Waals surface area contributed by atoms with E-state index >= 15 is 0 Å². The predicted molar refractivity (Wildman–Crippen MR) is 75.2 cm³/mol. The highest BCUT2D eigenvalue weighted by atomic mass is 79.9. The van der Waals surface area contributed by atoms with Crippen LogP contribution in [0.5, 0.6) is 5.75 Å². The van der Waals surface area contributed by atoms with Crippen molar-refractivity contribution in [1.82, 2.24) is 4.98 Å². The van der Waals surface area contributed by atoms with Gasteiger partial charge in [0.2, 0.25) is 0 Å². The van der Waals surface area contributed by atoms with Crippen LogP contribution in [0, 0.1) is 0 Å². The minimum atomic E-state index is -1.51. The number of hydrogen-bond acceptors (Lipinski definition) is 5. The Bertz CT molecular complexity index is 527. The van der Waals surface area contributed by atoms with E-state index in [0.29, 0.717) is 9.37 Å². The molecule has 0 bridgehead atoms. The third-order valence-electron chi connectivity index (χ3n) is 2.00. The monoisotopic (exact) mass is 346 g/mol. The van der Waals surface area contributed by atoms with Crippen LogP contribution in [0.2, 0.25) is 0 Å². The number of halogens is 1. The molecule has 2 amide bonds. The molecule has 0 fully saturated rings. The highest BCUT2D eigenvalue weighted by Crippen LogP contribution is 2.29. The summed E-state index contributed by atoms with van der Waals surface area (Å²) in [6.45, 7) is 4.91. The zero-order valence-corrected chi connectivity index (χ0v) is 13.1. The van der Waals surface area contributed by atoms with Gasteiger partial charge in [-0.05, 0) is 42.8 Å². The minimum Gasteiger partial charge on any atom is -0.493 e. The van der Waals surface area contributed by atoms with Crippen molar-refractivity contribution in [3.8, 4) is 5.75 Å². The number of methoxy groups -OCH3 is 1. The van der Waals surface area contributed by atoms with Crippen LogP contribution in [0.25, 0.3) is 0 Å². The van der Waals surface area contributed by atoms with E-state index in [9.17, 15) is 14.7 Å². The van der Waals surface area contributed by atoms with E-state index in [-0.39, 0.29) is 11.6 Å². The molecule has 7 nitrogen and oxygen atoms in total. The summed E-state index contributed by atoms with van der Waals surface area (Å²) in [4.78, 5) is 27.6. The Morgan fingerprint density at radius 3 is 2.45 bits per heavy atom. The predicted octanol–water partition coefficient (Wildman–Crippen LogP) is 3.27. The Hall–Kier alpha value is -1.83.